The van der Waals surface area contributed by atoms with Gasteiger partial charge in [-0.25, -0.2) is 0 Å². The molecule has 0 heterocycles. The van der Waals surface area contributed by atoms with Gasteiger partial charge in [0, 0.05) is 6.42 Å². The van der Waals surface area contributed by atoms with Gasteiger partial charge in [-0.2, -0.15) is 0 Å². The van der Waals surface area contributed by atoms with Gasteiger partial charge in [0.05, 0.1) is 25.2 Å². The standard InChI is InChI=1S/C48H83NO5/c1-4-7-10-13-16-19-22-24-26-29-32-35-38-41-48(53)54-44(39-36-33-30-27-25-23-20-17-14-11-8-5-2)42-47(52)49-45(43-50)46(51)40-37-34-31-28-21-18-15-12-9-6-3/h7,10,13,16,19,22,24,26-27,29-30,32,44-46,50-51H,4-6,8-9,11-12,14-15,17-18,20-21,23,25,28,31,33-43H2,1-3H3,(H,49,52)/b10-7+,16-13+,22-19-,26-24-,30-27-,32-29+. The van der Waals surface area contributed by atoms with Gasteiger partial charge in [0.1, 0.15) is 6.10 Å². The molecule has 0 aliphatic carbocycles. The van der Waals surface area contributed by atoms with Crippen molar-refractivity contribution in [3.05, 3.63) is 72.9 Å². The summed E-state index contributed by atoms with van der Waals surface area (Å²) in [6.07, 6.45) is 51.1. The first kappa shape index (κ1) is 51.3. The van der Waals surface area contributed by atoms with Crippen LogP contribution >= 0.6 is 0 Å². The van der Waals surface area contributed by atoms with Crippen LogP contribution in [0.15, 0.2) is 72.9 Å². The zero-order chi connectivity index (χ0) is 39.6. The summed E-state index contributed by atoms with van der Waals surface area (Å²) in [6, 6.07) is -0.724. The molecule has 6 heteroatoms. The van der Waals surface area contributed by atoms with Crippen LogP contribution in [-0.2, 0) is 14.3 Å². The first-order valence-corrected chi connectivity index (χ1v) is 22.2. The Morgan fingerprint density at radius 1 is 0.556 bits per heavy atom. The number of unbranched alkanes of at least 4 members (excludes halogenated alkanes) is 18. The van der Waals surface area contributed by atoms with Gasteiger partial charge in [-0.3, -0.25) is 9.59 Å². The average Bonchev–Trinajstić information content (AvgIpc) is 3.16. The second-order valence-electron chi connectivity index (χ2n) is 14.8. The number of rotatable bonds is 38. The van der Waals surface area contributed by atoms with Gasteiger partial charge in [0.25, 0.3) is 0 Å². The second kappa shape index (κ2) is 41.5. The normalized spacial score (nSPS) is 14.1. The Labute approximate surface area is 332 Å². The molecule has 6 nitrogen and oxygen atoms in total. The molecule has 0 bridgehead atoms. The van der Waals surface area contributed by atoms with Gasteiger partial charge in [-0.05, 0) is 57.8 Å². The SMILES string of the molecule is CC/C=C/C=C/C=C\C=C/C=C/CCCC(=O)OC(CCC/C=C\CCCCCCCCC)CC(=O)NC(CO)C(O)CCCCCCCCCCCC. The molecule has 0 aromatic heterocycles. The fourth-order valence-electron chi connectivity index (χ4n) is 6.28. The van der Waals surface area contributed by atoms with E-state index in [4.69, 9.17) is 4.74 Å². The maximum atomic E-state index is 13.1. The molecule has 1 amide bonds. The number of carbonyl (C=O) groups is 2. The summed E-state index contributed by atoms with van der Waals surface area (Å²) in [4.78, 5) is 25.9. The van der Waals surface area contributed by atoms with E-state index in [-0.39, 0.29) is 31.3 Å². The molecule has 54 heavy (non-hydrogen) atoms. The van der Waals surface area contributed by atoms with Crippen LogP contribution in [0.4, 0.5) is 0 Å². The highest BCUT2D eigenvalue weighted by molar-refractivity contribution is 5.77. The minimum absolute atomic E-state index is 0.0251. The monoisotopic (exact) mass is 754 g/mol. The van der Waals surface area contributed by atoms with Gasteiger partial charge in [-0.1, -0.05) is 196 Å². The minimum atomic E-state index is -0.806. The Balaban J connectivity index is 4.78. The highest BCUT2D eigenvalue weighted by Gasteiger charge is 2.23. The van der Waals surface area contributed by atoms with Crippen molar-refractivity contribution in [1.29, 1.82) is 0 Å². The zero-order valence-electron chi connectivity index (χ0n) is 35.1. The van der Waals surface area contributed by atoms with Crippen LogP contribution in [0.3, 0.4) is 0 Å². The van der Waals surface area contributed by atoms with E-state index in [1.54, 1.807) is 0 Å². The van der Waals surface area contributed by atoms with Gasteiger partial charge >= 0.3 is 5.97 Å². The molecule has 310 valence electrons. The molecule has 0 saturated carbocycles. The van der Waals surface area contributed by atoms with Crippen LogP contribution in [0.1, 0.15) is 194 Å². The third-order valence-electron chi connectivity index (χ3n) is 9.65. The Morgan fingerprint density at radius 3 is 1.59 bits per heavy atom. The molecule has 0 saturated heterocycles. The van der Waals surface area contributed by atoms with Gasteiger partial charge in [0.15, 0.2) is 0 Å². The predicted octanol–water partition coefficient (Wildman–Crippen LogP) is 12.7. The van der Waals surface area contributed by atoms with Crippen molar-refractivity contribution in [3.63, 3.8) is 0 Å². The number of aliphatic hydroxyl groups is 2. The molecular weight excluding hydrogens is 671 g/mol. The summed E-state index contributed by atoms with van der Waals surface area (Å²) in [6.45, 7) is 6.27. The molecule has 0 aliphatic rings. The summed E-state index contributed by atoms with van der Waals surface area (Å²) >= 11 is 0. The number of hydrogen-bond acceptors (Lipinski definition) is 5. The van der Waals surface area contributed by atoms with Gasteiger partial charge < -0.3 is 20.3 Å². The summed E-state index contributed by atoms with van der Waals surface area (Å²) in [5.41, 5.74) is 0. The molecule has 3 N–H and O–H groups in total. The van der Waals surface area contributed by atoms with E-state index < -0.39 is 18.2 Å². The lowest BCUT2D eigenvalue weighted by atomic mass is 10.0. The molecule has 3 unspecified atom stereocenters. The third kappa shape index (κ3) is 36.3. The number of hydrogen-bond donors (Lipinski definition) is 3. The smallest absolute Gasteiger partial charge is 0.306 e. The lowest BCUT2D eigenvalue weighted by Gasteiger charge is -2.24. The third-order valence-corrected chi connectivity index (χ3v) is 9.65. The van der Waals surface area contributed by atoms with Crippen LogP contribution in [0.25, 0.3) is 0 Å². The van der Waals surface area contributed by atoms with E-state index in [1.807, 2.05) is 54.7 Å². The van der Waals surface area contributed by atoms with E-state index >= 15 is 0 Å². The van der Waals surface area contributed by atoms with Crippen LogP contribution in [0, 0.1) is 0 Å². The quantitative estimate of drug-likeness (QED) is 0.0252. The van der Waals surface area contributed by atoms with Crippen molar-refractivity contribution in [2.45, 2.75) is 212 Å². The fourth-order valence-corrected chi connectivity index (χ4v) is 6.28. The molecule has 0 aromatic carbocycles. The summed E-state index contributed by atoms with van der Waals surface area (Å²) in [7, 11) is 0. The molecule has 0 fully saturated rings. The van der Waals surface area contributed by atoms with Crippen molar-refractivity contribution in [1.82, 2.24) is 5.32 Å². The van der Waals surface area contributed by atoms with Crippen LogP contribution in [-0.4, -0.2) is 46.9 Å². The average molecular weight is 754 g/mol. The second-order valence-corrected chi connectivity index (χ2v) is 14.8. The van der Waals surface area contributed by atoms with Gasteiger partial charge in [0.2, 0.25) is 5.91 Å². The van der Waals surface area contributed by atoms with Crippen LogP contribution in [0.2, 0.25) is 0 Å². The summed E-state index contributed by atoms with van der Waals surface area (Å²) < 4.78 is 5.84. The van der Waals surface area contributed by atoms with Crippen LogP contribution < -0.4 is 5.32 Å². The molecule has 3 atom stereocenters. The van der Waals surface area contributed by atoms with Crippen molar-refractivity contribution in [2.75, 3.05) is 6.61 Å². The van der Waals surface area contributed by atoms with E-state index in [1.165, 1.54) is 89.9 Å². The minimum Gasteiger partial charge on any atom is -0.462 e. The van der Waals surface area contributed by atoms with E-state index in [0.717, 1.165) is 51.4 Å². The summed E-state index contributed by atoms with van der Waals surface area (Å²) in [5.74, 6) is -0.599. The maximum absolute atomic E-state index is 13.1. The van der Waals surface area contributed by atoms with Crippen molar-refractivity contribution in [3.8, 4) is 0 Å². The lowest BCUT2D eigenvalue weighted by molar-refractivity contribution is -0.151. The highest BCUT2D eigenvalue weighted by Crippen LogP contribution is 2.16. The van der Waals surface area contributed by atoms with Gasteiger partial charge in [-0.15, -0.1) is 0 Å². The van der Waals surface area contributed by atoms with Crippen molar-refractivity contribution < 1.29 is 24.5 Å². The van der Waals surface area contributed by atoms with Crippen molar-refractivity contribution >= 4 is 11.9 Å². The van der Waals surface area contributed by atoms with Crippen molar-refractivity contribution in [2.24, 2.45) is 0 Å². The highest BCUT2D eigenvalue weighted by atomic mass is 16.5. The Morgan fingerprint density at radius 2 is 1.04 bits per heavy atom. The molecule has 0 aromatic rings. The molecule has 0 radical (unpaired) electrons. The molecule has 0 aliphatic heterocycles. The Hall–Kier alpha value is -2.70. The van der Waals surface area contributed by atoms with E-state index in [0.29, 0.717) is 19.3 Å². The van der Waals surface area contributed by atoms with E-state index in [9.17, 15) is 19.8 Å². The number of nitrogens with one attached hydrogen (secondary N) is 1. The lowest BCUT2D eigenvalue weighted by Crippen LogP contribution is -2.46. The van der Waals surface area contributed by atoms with Crippen LogP contribution in [0.5, 0.6) is 0 Å². The maximum Gasteiger partial charge on any atom is 0.306 e. The number of aliphatic hydroxyl groups excluding tert-OH is 2. The van der Waals surface area contributed by atoms with E-state index in [2.05, 4.69) is 44.3 Å². The predicted molar refractivity (Wildman–Crippen MR) is 231 cm³/mol. The number of ether oxygens (including phenoxy) is 1. The Bertz CT molecular complexity index is 1030. The molecular formula is C48H83NO5. The molecule has 0 rings (SSSR count). The number of carbonyl (C=O) groups excluding carboxylic acids is 2. The zero-order valence-corrected chi connectivity index (χ0v) is 35.1. The number of esters is 1. The largest absolute Gasteiger partial charge is 0.462 e. The topological polar surface area (TPSA) is 95.9 Å². The molecule has 0 spiro atoms. The first-order chi connectivity index (χ1) is 26.5. The number of allylic oxidation sites excluding steroid dienone is 12. The Kier molecular flexibility index (Phi) is 39.4. The fraction of sp³-hybridized carbons (Fsp3) is 0.708. The number of amides is 1. The first-order valence-electron chi connectivity index (χ1n) is 22.2. The summed E-state index contributed by atoms with van der Waals surface area (Å²) in [5, 5.41) is 23.6.